The van der Waals surface area contributed by atoms with E-state index >= 15 is 0 Å². The Morgan fingerprint density at radius 1 is 1.31 bits per heavy atom. The highest BCUT2D eigenvalue weighted by atomic mass is 15.2. The minimum Gasteiger partial charge on any atom is -0.329 e. The van der Waals surface area contributed by atoms with Crippen molar-refractivity contribution < 1.29 is 0 Å². The van der Waals surface area contributed by atoms with Crippen LogP contribution in [-0.2, 0) is 0 Å². The predicted molar refractivity (Wildman–Crippen MR) is 55.8 cm³/mol. The summed E-state index contributed by atoms with van der Waals surface area (Å²) in [7, 11) is 0. The first kappa shape index (κ1) is 11.0. The summed E-state index contributed by atoms with van der Waals surface area (Å²) in [5, 5.41) is 4.37. The highest BCUT2D eigenvalue weighted by molar-refractivity contribution is 4.77. The van der Waals surface area contributed by atoms with Crippen molar-refractivity contribution in [3.8, 4) is 0 Å². The molecule has 1 heterocycles. The number of rotatable bonds is 5. The fraction of sp³-hybridized carbons (Fsp3) is 1.00. The van der Waals surface area contributed by atoms with Crippen LogP contribution in [-0.4, -0.2) is 43.7 Å². The molecule has 3 heteroatoms. The van der Waals surface area contributed by atoms with Crippen LogP contribution in [0.5, 0.6) is 0 Å². The van der Waals surface area contributed by atoms with Gasteiger partial charge in [-0.3, -0.25) is 4.90 Å². The van der Waals surface area contributed by atoms with Crippen molar-refractivity contribution >= 4 is 0 Å². The second-order valence-electron chi connectivity index (χ2n) is 3.73. The molecule has 0 saturated carbocycles. The Hall–Kier alpha value is -0.120. The van der Waals surface area contributed by atoms with Crippen LogP contribution in [0.4, 0.5) is 0 Å². The van der Waals surface area contributed by atoms with Gasteiger partial charge in [-0.1, -0.05) is 6.92 Å². The maximum Gasteiger partial charge on any atom is 0.0148 e. The smallest absolute Gasteiger partial charge is 0.0148 e. The van der Waals surface area contributed by atoms with Crippen LogP contribution < -0.4 is 11.1 Å². The molecule has 0 spiro atoms. The molecule has 0 aromatic rings. The monoisotopic (exact) mass is 184 g/mol. The molecule has 1 radical (unpaired) electrons. The van der Waals surface area contributed by atoms with Crippen molar-refractivity contribution in [1.82, 2.24) is 10.2 Å². The minimum atomic E-state index is 0.751. The van der Waals surface area contributed by atoms with Crippen LogP contribution in [0.2, 0.25) is 0 Å². The van der Waals surface area contributed by atoms with Crippen molar-refractivity contribution in [2.45, 2.75) is 32.2 Å². The van der Waals surface area contributed by atoms with Crippen LogP contribution in [0.25, 0.3) is 0 Å². The Morgan fingerprint density at radius 2 is 2.00 bits per heavy atom. The number of piperidine rings is 1. The van der Waals surface area contributed by atoms with E-state index in [4.69, 9.17) is 5.73 Å². The Labute approximate surface area is 81.7 Å². The lowest BCUT2D eigenvalue weighted by Gasteiger charge is -2.33. The fourth-order valence-corrected chi connectivity index (χ4v) is 2.03. The van der Waals surface area contributed by atoms with Crippen molar-refractivity contribution in [3.05, 3.63) is 0 Å². The summed E-state index contributed by atoms with van der Waals surface area (Å²) in [6.07, 6.45) is 3.70. The molecule has 1 saturated heterocycles. The summed E-state index contributed by atoms with van der Waals surface area (Å²) in [4.78, 5) is 2.54. The highest BCUT2D eigenvalue weighted by Gasteiger charge is 2.19. The molecular formula is C10H22N3. The van der Waals surface area contributed by atoms with E-state index in [9.17, 15) is 0 Å². The largest absolute Gasteiger partial charge is 0.329 e. The first-order chi connectivity index (χ1) is 6.38. The van der Waals surface area contributed by atoms with Gasteiger partial charge in [-0.2, -0.15) is 0 Å². The average molecular weight is 184 g/mol. The van der Waals surface area contributed by atoms with Gasteiger partial charge >= 0.3 is 0 Å². The molecule has 13 heavy (non-hydrogen) atoms. The highest BCUT2D eigenvalue weighted by Crippen LogP contribution is 2.12. The number of hydrogen-bond donors (Lipinski definition) is 1. The number of nitrogens with two attached hydrogens (primary N) is 1. The molecule has 3 nitrogen and oxygen atoms in total. The van der Waals surface area contributed by atoms with Gasteiger partial charge in [0.15, 0.2) is 0 Å². The second kappa shape index (κ2) is 6.35. The molecule has 77 valence electrons. The SMILES string of the molecule is CCCN(CCN)C1CC[N]CC1. The Kier molecular flexibility index (Phi) is 5.35. The minimum absolute atomic E-state index is 0.751. The van der Waals surface area contributed by atoms with Gasteiger partial charge in [0.2, 0.25) is 0 Å². The zero-order valence-electron chi connectivity index (χ0n) is 8.71. The summed E-state index contributed by atoms with van der Waals surface area (Å²) >= 11 is 0. The van der Waals surface area contributed by atoms with E-state index in [1.807, 2.05) is 0 Å². The lowest BCUT2D eigenvalue weighted by atomic mass is 10.0. The zero-order valence-corrected chi connectivity index (χ0v) is 8.71. The summed E-state index contributed by atoms with van der Waals surface area (Å²) in [5.74, 6) is 0. The first-order valence-corrected chi connectivity index (χ1v) is 5.45. The molecule has 1 aliphatic heterocycles. The molecule has 0 aromatic heterocycles. The third kappa shape index (κ3) is 3.63. The topological polar surface area (TPSA) is 43.4 Å². The van der Waals surface area contributed by atoms with Gasteiger partial charge in [-0.15, -0.1) is 0 Å². The van der Waals surface area contributed by atoms with E-state index in [2.05, 4.69) is 17.1 Å². The maximum absolute atomic E-state index is 5.60. The summed E-state index contributed by atoms with van der Waals surface area (Å²) in [6, 6.07) is 0.751. The van der Waals surface area contributed by atoms with E-state index in [0.717, 1.165) is 32.2 Å². The summed E-state index contributed by atoms with van der Waals surface area (Å²) < 4.78 is 0. The van der Waals surface area contributed by atoms with Crippen molar-refractivity contribution in [2.75, 3.05) is 32.7 Å². The van der Waals surface area contributed by atoms with Gasteiger partial charge in [0.05, 0.1) is 0 Å². The second-order valence-corrected chi connectivity index (χ2v) is 3.73. The molecule has 1 rings (SSSR count). The summed E-state index contributed by atoms with van der Waals surface area (Å²) in [5.41, 5.74) is 5.60. The Balaban J connectivity index is 2.32. The van der Waals surface area contributed by atoms with Crippen LogP contribution in [0.15, 0.2) is 0 Å². The van der Waals surface area contributed by atoms with Crippen molar-refractivity contribution in [1.29, 1.82) is 0 Å². The normalized spacial score (nSPS) is 19.6. The lowest BCUT2D eigenvalue weighted by Crippen LogP contribution is -2.43. The predicted octanol–water partition coefficient (Wildman–Crippen LogP) is 0.424. The fourth-order valence-electron chi connectivity index (χ4n) is 2.03. The zero-order chi connectivity index (χ0) is 9.52. The quantitative estimate of drug-likeness (QED) is 0.673. The molecule has 1 aliphatic rings. The van der Waals surface area contributed by atoms with Crippen LogP contribution in [0, 0.1) is 0 Å². The third-order valence-electron chi connectivity index (χ3n) is 2.68. The van der Waals surface area contributed by atoms with Gasteiger partial charge in [-0.05, 0) is 25.8 Å². The molecule has 0 unspecified atom stereocenters. The molecule has 0 aliphatic carbocycles. The van der Waals surface area contributed by atoms with E-state index in [1.54, 1.807) is 0 Å². The number of nitrogens with zero attached hydrogens (tertiary/aromatic N) is 2. The van der Waals surface area contributed by atoms with Crippen molar-refractivity contribution in [2.24, 2.45) is 5.73 Å². The molecule has 0 bridgehead atoms. The van der Waals surface area contributed by atoms with Gasteiger partial charge in [0, 0.05) is 32.2 Å². The Bertz CT molecular complexity index is 115. The first-order valence-electron chi connectivity index (χ1n) is 5.45. The molecule has 0 atom stereocenters. The van der Waals surface area contributed by atoms with E-state index in [-0.39, 0.29) is 0 Å². The van der Waals surface area contributed by atoms with Crippen LogP contribution >= 0.6 is 0 Å². The average Bonchev–Trinajstić information content (AvgIpc) is 2.19. The van der Waals surface area contributed by atoms with E-state index < -0.39 is 0 Å². The van der Waals surface area contributed by atoms with Crippen LogP contribution in [0.1, 0.15) is 26.2 Å². The summed E-state index contributed by atoms with van der Waals surface area (Å²) in [6.45, 7) is 7.37. The molecule has 0 amide bonds. The lowest BCUT2D eigenvalue weighted by molar-refractivity contribution is 0.165. The Morgan fingerprint density at radius 3 is 2.54 bits per heavy atom. The van der Waals surface area contributed by atoms with E-state index in [1.165, 1.54) is 25.8 Å². The molecule has 1 fully saturated rings. The number of hydrogen-bond acceptors (Lipinski definition) is 2. The molecule has 0 aromatic carbocycles. The van der Waals surface area contributed by atoms with Gasteiger partial charge in [0.1, 0.15) is 0 Å². The standard InChI is InChI=1S/C10H22N3/c1-2-8-13(9-5-11)10-3-6-12-7-4-10/h10H,2-9,11H2,1H3. The van der Waals surface area contributed by atoms with Gasteiger partial charge < -0.3 is 5.73 Å². The van der Waals surface area contributed by atoms with Gasteiger partial charge in [0.25, 0.3) is 0 Å². The van der Waals surface area contributed by atoms with Crippen molar-refractivity contribution in [3.63, 3.8) is 0 Å². The third-order valence-corrected chi connectivity index (χ3v) is 2.68. The maximum atomic E-state index is 5.60. The van der Waals surface area contributed by atoms with Gasteiger partial charge in [-0.25, -0.2) is 5.32 Å². The molecule has 2 N–H and O–H groups in total. The van der Waals surface area contributed by atoms with E-state index in [0.29, 0.717) is 0 Å². The molecular weight excluding hydrogens is 162 g/mol. The van der Waals surface area contributed by atoms with Crippen LogP contribution in [0.3, 0.4) is 0 Å².